The summed E-state index contributed by atoms with van der Waals surface area (Å²) in [5, 5.41) is 3.12. The van der Waals surface area contributed by atoms with Crippen molar-refractivity contribution in [2.45, 2.75) is 32.1 Å². The average molecular weight is 354 g/mol. The van der Waals surface area contributed by atoms with E-state index in [0.717, 1.165) is 6.42 Å². The van der Waals surface area contributed by atoms with Gasteiger partial charge in [-0.05, 0) is 30.9 Å². The van der Waals surface area contributed by atoms with Crippen LogP contribution < -0.4 is 5.32 Å². The van der Waals surface area contributed by atoms with Crippen molar-refractivity contribution in [2.75, 3.05) is 19.6 Å². The molecule has 0 spiro atoms. The number of hydrogen-bond donors (Lipinski definition) is 1. The van der Waals surface area contributed by atoms with Crippen LogP contribution >= 0.6 is 0 Å². The number of benzene rings is 1. The standard InChI is InChI=1S/C21H26N2O3/c1-2-16(17-6-4-3-5-7-17)14-22-20(24)18-8-11-23(12-9-18)21(25)19-10-13-26-15-19/h3-7,10,13,15-16,18H,2,8-9,11-12,14H2,1H3,(H,22,24). The van der Waals surface area contributed by atoms with Crippen molar-refractivity contribution in [3.63, 3.8) is 0 Å². The summed E-state index contributed by atoms with van der Waals surface area (Å²) in [4.78, 5) is 26.6. The molecular formula is C21H26N2O3. The van der Waals surface area contributed by atoms with Crippen LogP contribution in [0.3, 0.4) is 0 Å². The summed E-state index contributed by atoms with van der Waals surface area (Å²) in [7, 11) is 0. The number of rotatable bonds is 6. The second-order valence-corrected chi connectivity index (χ2v) is 6.84. The van der Waals surface area contributed by atoms with Crippen LogP contribution in [0.1, 0.15) is 48.0 Å². The van der Waals surface area contributed by atoms with Crippen molar-refractivity contribution < 1.29 is 14.0 Å². The number of furan rings is 1. The fourth-order valence-corrected chi connectivity index (χ4v) is 3.50. The molecular weight excluding hydrogens is 328 g/mol. The largest absolute Gasteiger partial charge is 0.472 e. The Balaban J connectivity index is 1.47. The van der Waals surface area contributed by atoms with E-state index in [1.165, 1.54) is 18.1 Å². The highest BCUT2D eigenvalue weighted by atomic mass is 16.3. The maximum Gasteiger partial charge on any atom is 0.257 e. The summed E-state index contributed by atoms with van der Waals surface area (Å²) in [6.45, 7) is 4.02. The molecule has 5 heteroatoms. The molecule has 2 heterocycles. The quantitative estimate of drug-likeness (QED) is 0.864. The summed E-state index contributed by atoms with van der Waals surface area (Å²) in [6.07, 6.45) is 5.37. The topological polar surface area (TPSA) is 62.6 Å². The lowest BCUT2D eigenvalue weighted by Crippen LogP contribution is -2.43. The van der Waals surface area contributed by atoms with Crippen molar-refractivity contribution in [1.82, 2.24) is 10.2 Å². The first-order valence-electron chi connectivity index (χ1n) is 9.33. The highest BCUT2D eigenvalue weighted by Gasteiger charge is 2.28. The molecule has 1 fully saturated rings. The lowest BCUT2D eigenvalue weighted by Gasteiger charge is -2.31. The van der Waals surface area contributed by atoms with Gasteiger partial charge in [-0.25, -0.2) is 0 Å². The number of amides is 2. The zero-order chi connectivity index (χ0) is 18.4. The van der Waals surface area contributed by atoms with Crippen LogP contribution in [0.5, 0.6) is 0 Å². The van der Waals surface area contributed by atoms with E-state index in [4.69, 9.17) is 4.42 Å². The van der Waals surface area contributed by atoms with Crippen LogP contribution in [-0.2, 0) is 4.79 Å². The predicted molar refractivity (Wildman–Crippen MR) is 99.8 cm³/mol. The molecule has 3 rings (SSSR count). The lowest BCUT2D eigenvalue weighted by molar-refractivity contribution is -0.126. The third-order valence-electron chi connectivity index (χ3n) is 5.21. The number of carbonyl (C=O) groups is 2. The molecule has 1 atom stereocenters. The first kappa shape index (κ1) is 18.2. The molecule has 1 saturated heterocycles. The molecule has 1 aliphatic rings. The maximum absolute atomic E-state index is 12.5. The van der Waals surface area contributed by atoms with Crippen molar-refractivity contribution in [3.8, 4) is 0 Å². The summed E-state index contributed by atoms with van der Waals surface area (Å²) in [5.41, 5.74) is 1.83. The van der Waals surface area contributed by atoms with Gasteiger partial charge in [-0.3, -0.25) is 9.59 Å². The normalized spacial score (nSPS) is 16.3. The van der Waals surface area contributed by atoms with Crippen LogP contribution in [0.15, 0.2) is 53.3 Å². The fourth-order valence-electron chi connectivity index (χ4n) is 3.50. The second kappa shape index (κ2) is 8.70. The van der Waals surface area contributed by atoms with Gasteiger partial charge in [0, 0.05) is 31.5 Å². The summed E-state index contributed by atoms with van der Waals surface area (Å²) in [6, 6.07) is 12.0. The number of piperidine rings is 1. The van der Waals surface area contributed by atoms with Crippen LogP contribution in [0.4, 0.5) is 0 Å². The third kappa shape index (κ3) is 4.34. The molecule has 1 N–H and O–H groups in total. The van der Waals surface area contributed by atoms with Gasteiger partial charge in [-0.15, -0.1) is 0 Å². The molecule has 0 radical (unpaired) electrons. The van der Waals surface area contributed by atoms with Crippen molar-refractivity contribution in [1.29, 1.82) is 0 Å². The van der Waals surface area contributed by atoms with Crippen LogP contribution in [-0.4, -0.2) is 36.3 Å². The first-order valence-corrected chi connectivity index (χ1v) is 9.33. The molecule has 1 unspecified atom stereocenters. The molecule has 5 nitrogen and oxygen atoms in total. The van der Waals surface area contributed by atoms with Crippen molar-refractivity contribution >= 4 is 11.8 Å². The van der Waals surface area contributed by atoms with Crippen LogP contribution in [0.2, 0.25) is 0 Å². The lowest BCUT2D eigenvalue weighted by atomic mass is 9.93. The van der Waals surface area contributed by atoms with Gasteiger partial charge in [0.25, 0.3) is 5.91 Å². The van der Waals surface area contributed by atoms with E-state index in [0.29, 0.717) is 44.0 Å². The van der Waals surface area contributed by atoms with Gasteiger partial charge in [0.2, 0.25) is 5.91 Å². The second-order valence-electron chi connectivity index (χ2n) is 6.84. The Hall–Kier alpha value is -2.56. The molecule has 138 valence electrons. The smallest absolute Gasteiger partial charge is 0.257 e. The van der Waals surface area contributed by atoms with Gasteiger partial charge >= 0.3 is 0 Å². The van der Waals surface area contributed by atoms with Gasteiger partial charge in [-0.1, -0.05) is 37.3 Å². The Labute approximate surface area is 154 Å². The summed E-state index contributed by atoms with van der Waals surface area (Å²) in [5.74, 6) is 0.405. The highest BCUT2D eigenvalue weighted by molar-refractivity contribution is 5.94. The summed E-state index contributed by atoms with van der Waals surface area (Å²) < 4.78 is 4.98. The minimum atomic E-state index is -0.0206. The van der Waals surface area contributed by atoms with Gasteiger partial charge in [-0.2, -0.15) is 0 Å². The fraction of sp³-hybridized carbons (Fsp3) is 0.429. The summed E-state index contributed by atoms with van der Waals surface area (Å²) >= 11 is 0. The Morgan fingerprint density at radius 2 is 1.92 bits per heavy atom. The highest BCUT2D eigenvalue weighted by Crippen LogP contribution is 2.21. The molecule has 1 aliphatic heterocycles. The third-order valence-corrected chi connectivity index (χ3v) is 5.21. The van der Waals surface area contributed by atoms with E-state index in [1.807, 2.05) is 18.2 Å². The molecule has 2 aromatic rings. The number of hydrogen-bond acceptors (Lipinski definition) is 3. The predicted octanol–water partition coefficient (Wildman–Crippen LogP) is 3.44. The van der Waals surface area contributed by atoms with Crippen molar-refractivity contribution in [2.24, 2.45) is 5.92 Å². The van der Waals surface area contributed by atoms with Crippen LogP contribution in [0, 0.1) is 5.92 Å². The van der Waals surface area contributed by atoms with Gasteiger partial charge in [0.05, 0.1) is 11.8 Å². The minimum absolute atomic E-state index is 0.0170. The van der Waals surface area contributed by atoms with E-state index < -0.39 is 0 Å². The Morgan fingerprint density at radius 1 is 1.19 bits per heavy atom. The zero-order valence-corrected chi connectivity index (χ0v) is 15.2. The molecule has 2 amide bonds. The van der Waals surface area contributed by atoms with Gasteiger partial charge in [0.15, 0.2) is 0 Å². The van der Waals surface area contributed by atoms with E-state index >= 15 is 0 Å². The van der Waals surface area contributed by atoms with E-state index in [9.17, 15) is 9.59 Å². The minimum Gasteiger partial charge on any atom is -0.472 e. The molecule has 26 heavy (non-hydrogen) atoms. The number of nitrogens with one attached hydrogen (secondary N) is 1. The van der Waals surface area contributed by atoms with E-state index in [-0.39, 0.29) is 17.7 Å². The Bertz CT molecular complexity index is 704. The Morgan fingerprint density at radius 3 is 2.54 bits per heavy atom. The number of carbonyl (C=O) groups excluding carboxylic acids is 2. The Kier molecular flexibility index (Phi) is 6.10. The monoisotopic (exact) mass is 354 g/mol. The van der Waals surface area contributed by atoms with Crippen LogP contribution in [0.25, 0.3) is 0 Å². The average Bonchev–Trinajstić information content (AvgIpc) is 3.23. The first-order chi connectivity index (χ1) is 12.7. The van der Waals surface area contributed by atoms with E-state index in [1.54, 1.807) is 11.0 Å². The SMILES string of the molecule is CCC(CNC(=O)C1CCN(C(=O)c2ccoc2)CC1)c1ccccc1. The van der Waals surface area contributed by atoms with Crippen molar-refractivity contribution in [3.05, 3.63) is 60.1 Å². The van der Waals surface area contributed by atoms with Gasteiger partial charge in [0.1, 0.15) is 6.26 Å². The van der Waals surface area contributed by atoms with Gasteiger partial charge < -0.3 is 14.6 Å². The molecule has 0 bridgehead atoms. The maximum atomic E-state index is 12.5. The molecule has 0 saturated carbocycles. The van der Waals surface area contributed by atoms with E-state index in [2.05, 4.69) is 24.4 Å². The molecule has 1 aromatic carbocycles. The zero-order valence-electron chi connectivity index (χ0n) is 15.2. The molecule has 1 aromatic heterocycles. The number of nitrogens with zero attached hydrogens (tertiary/aromatic N) is 1. The molecule has 0 aliphatic carbocycles. The number of likely N-dealkylation sites (tertiary alicyclic amines) is 1.